The Labute approximate surface area is 114 Å². The molecule has 0 bridgehead atoms. The second-order valence-corrected chi connectivity index (χ2v) is 3.79. The van der Waals surface area contributed by atoms with Crippen LogP contribution in [0.25, 0.3) is 11.1 Å². The molecular formula is C16H20N2O. The number of carbonyl (C=O) groups excluding carboxylic acids is 1. The molecule has 1 N–H and O–H groups in total. The van der Waals surface area contributed by atoms with E-state index in [4.69, 9.17) is 0 Å². The fourth-order valence-corrected chi connectivity index (χ4v) is 1.73. The highest BCUT2D eigenvalue weighted by Crippen LogP contribution is 2.21. The molecule has 100 valence electrons. The van der Waals surface area contributed by atoms with Gasteiger partial charge in [0.2, 0.25) is 0 Å². The summed E-state index contributed by atoms with van der Waals surface area (Å²) >= 11 is 0. The summed E-state index contributed by atoms with van der Waals surface area (Å²) in [6, 6.07) is 11.5. The molecule has 1 amide bonds. The highest BCUT2D eigenvalue weighted by atomic mass is 16.1. The first-order chi connectivity index (χ1) is 9.22. The number of pyridine rings is 1. The highest BCUT2D eigenvalue weighted by molar-refractivity contribution is 5.94. The Morgan fingerprint density at radius 3 is 2.26 bits per heavy atom. The topological polar surface area (TPSA) is 42.0 Å². The number of hydrogen-bond acceptors (Lipinski definition) is 2. The van der Waals surface area contributed by atoms with Gasteiger partial charge < -0.3 is 5.32 Å². The van der Waals surface area contributed by atoms with Crippen molar-refractivity contribution in [3.63, 3.8) is 0 Å². The zero-order valence-electron chi connectivity index (χ0n) is 11.9. The number of amides is 1. The molecule has 0 aliphatic heterocycles. The number of rotatable bonds is 2. The lowest BCUT2D eigenvalue weighted by Crippen LogP contribution is -2.17. The van der Waals surface area contributed by atoms with Crippen LogP contribution in [0.15, 0.2) is 42.6 Å². The normalized spacial score (nSPS) is 9.26. The van der Waals surface area contributed by atoms with Crippen LogP contribution in [0.4, 0.5) is 0 Å². The van der Waals surface area contributed by atoms with E-state index < -0.39 is 0 Å². The summed E-state index contributed by atoms with van der Waals surface area (Å²) in [7, 11) is 1.63. The molecule has 0 saturated heterocycles. The second kappa shape index (κ2) is 7.31. The van der Waals surface area contributed by atoms with E-state index in [0.29, 0.717) is 5.56 Å². The van der Waals surface area contributed by atoms with Gasteiger partial charge in [-0.3, -0.25) is 9.78 Å². The van der Waals surface area contributed by atoms with Crippen molar-refractivity contribution in [2.45, 2.75) is 20.8 Å². The first kappa shape index (κ1) is 14.9. The molecular weight excluding hydrogens is 236 g/mol. The molecule has 3 heteroatoms. The van der Waals surface area contributed by atoms with E-state index in [0.717, 1.165) is 16.8 Å². The zero-order valence-corrected chi connectivity index (χ0v) is 11.9. The summed E-state index contributed by atoms with van der Waals surface area (Å²) in [6.07, 6.45) is 1.78. The molecule has 0 saturated carbocycles. The molecule has 0 spiro atoms. The molecule has 0 radical (unpaired) electrons. The predicted molar refractivity (Wildman–Crippen MR) is 79.1 cm³/mol. The number of nitrogens with zero attached hydrogens (tertiary/aromatic N) is 1. The number of nitrogens with one attached hydrogen (secondary N) is 1. The summed E-state index contributed by atoms with van der Waals surface area (Å²) in [5, 5.41) is 2.60. The van der Waals surface area contributed by atoms with Gasteiger partial charge in [-0.2, -0.15) is 0 Å². The molecule has 1 aromatic carbocycles. The molecule has 2 rings (SSSR count). The standard InChI is InChI=1S/C14H14N2O.C2H6/c1-10-13(4-3-9-16-10)11-5-7-12(8-6-11)14(17)15-2;1-2/h3-9H,1-2H3,(H,15,17);1-2H3. The average Bonchev–Trinajstić information content (AvgIpc) is 2.49. The maximum atomic E-state index is 11.4. The Kier molecular flexibility index (Phi) is 5.73. The summed E-state index contributed by atoms with van der Waals surface area (Å²) in [5.74, 6) is -0.0699. The molecule has 19 heavy (non-hydrogen) atoms. The van der Waals surface area contributed by atoms with Gasteiger partial charge in [0.1, 0.15) is 0 Å². The van der Waals surface area contributed by atoms with Gasteiger partial charge in [0.05, 0.1) is 0 Å². The number of hydrogen-bond donors (Lipinski definition) is 1. The van der Waals surface area contributed by atoms with Crippen molar-refractivity contribution in [3.8, 4) is 11.1 Å². The Morgan fingerprint density at radius 1 is 1.11 bits per heavy atom. The third-order valence-corrected chi connectivity index (χ3v) is 2.69. The minimum atomic E-state index is -0.0699. The SMILES string of the molecule is CC.CNC(=O)c1ccc(-c2cccnc2C)cc1. The van der Waals surface area contributed by atoms with E-state index in [9.17, 15) is 4.79 Å². The smallest absolute Gasteiger partial charge is 0.251 e. The molecule has 0 atom stereocenters. The van der Waals surface area contributed by atoms with Crippen LogP contribution in [-0.4, -0.2) is 17.9 Å². The van der Waals surface area contributed by atoms with Crippen LogP contribution in [0.5, 0.6) is 0 Å². The maximum absolute atomic E-state index is 11.4. The monoisotopic (exact) mass is 256 g/mol. The summed E-state index contributed by atoms with van der Waals surface area (Å²) < 4.78 is 0. The zero-order chi connectivity index (χ0) is 14.3. The number of aromatic nitrogens is 1. The first-order valence-corrected chi connectivity index (χ1v) is 6.46. The fourth-order valence-electron chi connectivity index (χ4n) is 1.73. The Bertz CT molecular complexity index is 533. The first-order valence-electron chi connectivity index (χ1n) is 6.46. The maximum Gasteiger partial charge on any atom is 0.251 e. The van der Waals surface area contributed by atoms with Gasteiger partial charge in [0.15, 0.2) is 0 Å². The molecule has 0 aliphatic rings. The van der Waals surface area contributed by atoms with Crippen molar-refractivity contribution < 1.29 is 4.79 Å². The summed E-state index contributed by atoms with van der Waals surface area (Å²) in [5.41, 5.74) is 3.82. The van der Waals surface area contributed by atoms with Gasteiger partial charge in [0, 0.05) is 30.1 Å². The van der Waals surface area contributed by atoms with Crippen LogP contribution in [0, 0.1) is 6.92 Å². The Morgan fingerprint density at radius 2 is 1.74 bits per heavy atom. The van der Waals surface area contributed by atoms with Gasteiger partial charge in [-0.15, -0.1) is 0 Å². The van der Waals surface area contributed by atoms with Crippen LogP contribution >= 0.6 is 0 Å². The molecule has 3 nitrogen and oxygen atoms in total. The van der Waals surface area contributed by atoms with Crippen LogP contribution in [0.2, 0.25) is 0 Å². The Hall–Kier alpha value is -2.16. The summed E-state index contributed by atoms with van der Waals surface area (Å²) in [4.78, 5) is 15.7. The largest absolute Gasteiger partial charge is 0.355 e. The lowest BCUT2D eigenvalue weighted by molar-refractivity contribution is 0.0963. The summed E-state index contributed by atoms with van der Waals surface area (Å²) in [6.45, 7) is 5.97. The molecule has 0 aliphatic carbocycles. The minimum Gasteiger partial charge on any atom is -0.355 e. The van der Waals surface area contributed by atoms with Crippen molar-refractivity contribution in [1.29, 1.82) is 0 Å². The van der Waals surface area contributed by atoms with Crippen molar-refractivity contribution in [2.75, 3.05) is 7.05 Å². The van der Waals surface area contributed by atoms with Crippen LogP contribution < -0.4 is 5.32 Å². The van der Waals surface area contributed by atoms with E-state index in [-0.39, 0.29) is 5.91 Å². The molecule has 1 aromatic heterocycles. The average molecular weight is 256 g/mol. The third-order valence-electron chi connectivity index (χ3n) is 2.69. The second-order valence-electron chi connectivity index (χ2n) is 3.79. The number of aryl methyl sites for hydroxylation is 1. The van der Waals surface area contributed by atoms with Gasteiger partial charge >= 0.3 is 0 Å². The van der Waals surface area contributed by atoms with Crippen molar-refractivity contribution in [1.82, 2.24) is 10.3 Å². The Balaban J connectivity index is 0.000000861. The van der Waals surface area contributed by atoms with E-state index in [2.05, 4.69) is 10.3 Å². The van der Waals surface area contributed by atoms with E-state index >= 15 is 0 Å². The van der Waals surface area contributed by atoms with Crippen molar-refractivity contribution >= 4 is 5.91 Å². The number of carbonyl (C=O) groups is 1. The fraction of sp³-hybridized carbons (Fsp3) is 0.250. The van der Waals surface area contributed by atoms with E-state index in [1.807, 2.05) is 57.2 Å². The quantitative estimate of drug-likeness (QED) is 0.894. The molecule has 2 aromatic rings. The van der Waals surface area contributed by atoms with Crippen LogP contribution in [-0.2, 0) is 0 Å². The molecule has 1 heterocycles. The lowest BCUT2D eigenvalue weighted by Gasteiger charge is -2.05. The van der Waals surface area contributed by atoms with Gasteiger partial charge in [-0.1, -0.05) is 32.0 Å². The molecule has 0 fully saturated rings. The molecule has 0 unspecified atom stereocenters. The van der Waals surface area contributed by atoms with Crippen LogP contribution in [0.1, 0.15) is 29.9 Å². The minimum absolute atomic E-state index is 0.0699. The van der Waals surface area contributed by atoms with Gasteiger partial charge in [0.25, 0.3) is 5.91 Å². The van der Waals surface area contributed by atoms with Gasteiger partial charge in [-0.05, 0) is 30.7 Å². The highest BCUT2D eigenvalue weighted by Gasteiger charge is 2.05. The van der Waals surface area contributed by atoms with E-state index in [1.54, 1.807) is 13.2 Å². The lowest BCUT2D eigenvalue weighted by atomic mass is 10.0. The predicted octanol–water partition coefficient (Wildman–Crippen LogP) is 3.44. The van der Waals surface area contributed by atoms with E-state index in [1.165, 1.54) is 0 Å². The number of benzene rings is 1. The van der Waals surface area contributed by atoms with Crippen molar-refractivity contribution in [2.24, 2.45) is 0 Å². The van der Waals surface area contributed by atoms with Crippen LogP contribution in [0.3, 0.4) is 0 Å². The third kappa shape index (κ3) is 3.65. The van der Waals surface area contributed by atoms with Gasteiger partial charge in [-0.25, -0.2) is 0 Å². The van der Waals surface area contributed by atoms with Crippen molar-refractivity contribution in [3.05, 3.63) is 53.9 Å².